The monoisotopic (exact) mass is 1100 g/mol. The van der Waals surface area contributed by atoms with E-state index in [1.165, 1.54) is 77.0 Å². The molecule has 432 valence electrons. The predicted molar refractivity (Wildman–Crippen MR) is 333 cm³/mol. The number of fused-ring (bicyclic) bond motifs is 72. The topological polar surface area (TPSA) is 0 Å². The van der Waals surface area contributed by atoms with Crippen LogP contribution in [-0.2, 0) is 0 Å². The molecule has 0 heterocycles. The molecule has 18 saturated carbocycles. The maximum absolute atomic E-state index is 2.54. The lowest BCUT2D eigenvalue weighted by Gasteiger charge is -2.54. The van der Waals surface area contributed by atoms with Crippen LogP contribution < -0.4 is 0 Å². The molecule has 24 bridgehead atoms. The Balaban J connectivity index is 0.0000000641. The van der Waals surface area contributed by atoms with E-state index in [0.29, 0.717) is 0 Å². The maximum atomic E-state index is 2.54. The van der Waals surface area contributed by atoms with E-state index >= 15 is 0 Å². The summed E-state index contributed by atoms with van der Waals surface area (Å²) in [6, 6.07) is 0. The third kappa shape index (κ3) is 5.43. The normalized spacial score (nSPS) is 69.7. The van der Waals surface area contributed by atoms with Gasteiger partial charge in [-0.2, -0.15) is 0 Å². The van der Waals surface area contributed by atoms with E-state index < -0.39 is 0 Å². The van der Waals surface area contributed by atoms with Crippen LogP contribution in [0.5, 0.6) is 0 Å². The van der Waals surface area contributed by atoms with Crippen molar-refractivity contribution in [3.8, 4) is 0 Å². The predicted octanol–water partition coefficient (Wildman–Crippen LogP) is 17.3. The van der Waals surface area contributed by atoms with Gasteiger partial charge in [-0.15, -0.1) is 0 Å². The number of hydrogen-bond donors (Lipinski definition) is 0. The van der Waals surface area contributed by atoms with Gasteiger partial charge in [-0.1, -0.05) is 146 Å². The molecule has 0 unspecified atom stereocenters. The first-order valence-corrected chi connectivity index (χ1v) is 37.8. The Kier molecular flexibility index (Phi) is 8.87. The molecule has 0 spiro atoms. The van der Waals surface area contributed by atoms with Gasteiger partial charge in [0, 0.05) is 0 Å². The van der Waals surface area contributed by atoms with Crippen LogP contribution in [0.1, 0.15) is 77.0 Å². The fraction of sp³-hybridized carbons (Fsp3) is 0.714. The second kappa shape index (κ2) is 15.9. The van der Waals surface area contributed by atoms with Crippen LogP contribution in [0.25, 0.3) is 0 Å². The van der Waals surface area contributed by atoms with Crippen molar-refractivity contribution in [1.82, 2.24) is 0 Å². The summed E-state index contributed by atoms with van der Waals surface area (Å²) in [5, 5.41) is 0. The Morgan fingerprint density at radius 3 is 0.179 bits per heavy atom. The van der Waals surface area contributed by atoms with Crippen molar-refractivity contribution < 1.29 is 0 Å². The van der Waals surface area contributed by atoms with Crippen molar-refractivity contribution in [3.63, 3.8) is 0 Å². The molecule has 0 aromatic heterocycles. The summed E-state index contributed by atoms with van der Waals surface area (Å²) in [6.07, 6.45) is 79.1. The van der Waals surface area contributed by atoms with Crippen molar-refractivity contribution in [1.29, 1.82) is 0 Å². The lowest BCUT2D eigenvalue weighted by atomic mass is 9.50. The minimum Gasteiger partial charge on any atom is -0.0848 e. The zero-order valence-corrected chi connectivity index (χ0v) is 50.1. The standard InChI is InChI=1S/6C14H16/c6*1-2-8-5-7(1)11-12(8)14-10-4-3-9(6-10)13(11)14/h6*1-4,7-14H,5-6H2. The summed E-state index contributed by atoms with van der Waals surface area (Å²) in [5.41, 5.74) is 0. The largest absolute Gasteiger partial charge is 0.0848 e. The first kappa shape index (κ1) is 46.9. The molecular formula is C84H96. The molecule has 30 aliphatic carbocycles. The Labute approximate surface area is 504 Å². The van der Waals surface area contributed by atoms with Crippen LogP contribution in [0.3, 0.4) is 0 Å². The van der Waals surface area contributed by atoms with Gasteiger partial charge >= 0.3 is 0 Å². The minimum atomic E-state index is 0.999. The van der Waals surface area contributed by atoms with Crippen molar-refractivity contribution in [2.45, 2.75) is 77.0 Å². The summed E-state index contributed by atoms with van der Waals surface area (Å²) in [6.45, 7) is 0. The minimum absolute atomic E-state index is 0.999. The van der Waals surface area contributed by atoms with E-state index in [1.54, 1.807) is 0 Å². The number of allylic oxidation sites excluding steroid dienone is 24. The van der Waals surface area contributed by atoms with Gasteiger partial charge in [0.15, 0.2) is 0 Å². The lowest BCUT2D eigenvalue weighted by molar-refractivity contribution is -0.0372. The number of rotatable bonds is 0. The molecule has 84 heavy (non-hydrogen) atoms. The molecule has 0 N–H and O–H groups in total. The molecule has 18 fully saturated rings. The fourth-order valence-electron chi connectivity index (χ4n) is 34.9. The van der Waals surface area contributed by atoms with Crippen molar-refractivity contribution in [2.75, 3.05) is 0 Å². The first-order chi connectivity index (χ1) is 41.6. The Bertz CT molecular complexity index is 2290. The van der Waals surface area contributed by atoms with Gasteiger partial charge in [-0.05, 0) is 361 Å². The average Bonchev–Trinajstić information content (AvgIpc) is 1.82. The summed E-state index contributed by atoms with van der Waals surface area (Å²) in [7, 11) is 0. The second-order valence-corrected chi connectivity index (χ2v) is 37.2. The van der Waals surface area contributed by atoms with Crippen molar-refractivity contribution in [2.24, 2.45) is 284 Å². The summed E-state index contributed by atoms with van der Waals surface area (Å²) < 4.78 is 0. The highest BCUT2D eigenvalue weighted by Gasteiger charge is 2.73. The van der Waals surface area contributed by atoms with Gasteiger partial charge in [-0.25, -0.2) is 0 Å². The van der Waals surface area contributed by atoms with Gasteiger partial charge in [0.1, 0.15) is 0 Å². The molecule has 0 nitrogen and oxygen atoms in total. The Morgan fingerprint density at radius 1 is 0.0833 bits per heavy atom. The van der Waals surface area contributed by atoms with E-state index in [0.717, 1.165) is 284 Å². The molecule has 30 aliphatic rings. The van der Waals surface area contributed by atoms with Crippen LogP contribution >= 0.6 is 0 Å². The van der Waals surface area contributed by atoms with E-state index in [2.05, 4.69) is 146 Å². The van der Waals surface area contributed by atoms with Crippen LogP contribution in [0.2, 0.25) is 0 Å². The third-order valence-electron chi connectivity index (χ3n) is 36.3. The highest BCUT2D eigenvalue weighted by atomic mass is 14.8. The molecule has 0 saturated heterocycles. The molecule has 0 heteroatoms. The molecule has 0 aromatic carbocycles. The van der Waals surface area contributed by atoms with E-state index in [-0.39, 0.29) is 0 Å². The van der Waals surface area contributed by atoms with Crippen LogP contribution in [-0.4, -0.2) is 0 Å². The van der Waals surface area contributed by atoms with Crippen molar-refractivity contribution in [3.05, 3.63) is 146 Å². The zero-order chi connectivity index (χ0) is 53.2. The summed E-state index contributed by atoms with van der Waals surface area (Å²) >= 11 is 0. The van der Waals surface area contributed by atoms with E-state index in [1.807, 2.05) is 0 Å². The molecule has 30 rings (SSSR count). The van der Waals surface area contributed by atoms with Gasteiger partial charge in [0.2, 0.25) is 0 Å². The van der Waals surface area contributed by atoms with Gasteiger partial charge in [0.25, 0.3) is 0 Å². The number of hydrogen-bond acceptors (Lipinski definition) is 0. The highest BCUT2D eigenvalue weighted by Crippen LogP contribution is 2.79. The molecular weight excluding hydrogens is 1010 g/mol. The van der Waals surface area contributed by atoms with Gasteiger partial charge in [-0.3, -0.25) is 0 Å². The lowest BCUT2D eigenvalue weighted by Crippen LogP contribution is -2.50. The van der Waals surface area contributed by atoms with Crippen LogP contribution in [0.4, 0.5) is 0 Å². The molecule has 0 radical (unpaired) electrons. The van der Waals surface area contributed by atoms with E-state index in [4.69, 9.17) is 0 Å². The van der Waals surface area contributed by atoms with Crippen LogP contribution in [0.15, 0.2) is 146 Å². The average molecular weight is 1110 g/mol. The molecule has 0 amide bonds. The molecule has 0 aromatic rings. The zero-order valence-electron chi connectivity index (χ0n) is 50.1. The fourth-order valence-corrected chi connectivity index (χ4v) is 34.9. The smallest absolute Gasteiger partial charge is 0.0193 e. The van der Waals surface area contributed by atoms with Crippen molar-refractivity contribution >= 4 is 0 Å². The van der Waals surface area contributed by atoms with Gasteiger partial charge < -0.3 is 0 Å². The summed E-state index contributed by atoms with van der Waals surface area (Å²) in [4.78, 5) is 0. The van der Waals surface area contributed by atoms with Crippen LogP contribution in [0, 0.1) is 284 Å². The maximum Gasteiger partial charge on any atom is -0.0193 e. The second-order valence-electron chi connectivity index (χ2n) is 37.2. The summed E-state index contributed by atoms with van der Waals surface area (Å²) in [5.74, 6) is 50.9. The quantitative estimate of drug-likeness (QED) is 0.212. The molecule has 0 aliphatic heterocycles. The Morgan fingerprint density at radius 2 is 0.131 bits per heavy atom. The molecule has 0 atom stereocenters. The first-order valence-electron chi connectivity index (χ1n) is 37.8. The van der Waals surface area contributed by atoms with E-state index in [9.17, 15) is 0 Å². The highest BCUT2D eigenvalue weighted by molar-refractivity contribution is 5.36. The Hall–Kier alpha value is -3.12. The van der Waals surface area contributed by atoms with Gasteiger partial charge in [0.05, 0.1) is 0 Å². The SMILES string of the molecule is C1=CC2CC1C1C2C2C3C=CC(C3)C12.C1=CC2CC1C1C2C2C3C=CC(C3)C12.C1=CC2CC1C1C2C2C3C=CC(C3)C12.C1=CC2CC1C1C2C2C3C=CC(C3)C12.C1=CC2CC1C1C2C2C3C=CC(C3)C12.C1=CC2CC1C1C2C2C3C=CC(C3)C12. The third-order valence-corrected chi connectivity index (χ3v) is 36.3.